The Labute approximate surface area is 167 Å². The maximum atomic E-state index is 13.4. The van der Waals surface area contributed by atoms with Crippen molar-refractivity contribution in [2.45, 2.75) is 6.61 Å². The molecule has 134 valence electrons. The van der Waals surface area contributed by atoms with Crippen molar-refractivity contribution >= 4 is 34.9 Å². The topological polar surface area (TPSA) is 33.0 Å². The van der Waals surface area contributed by atoms with Crippen molar-refractivity contribution in [1.29, 1.82) is 5.26 Å². The Hall–Kier alpha value is -2.80. The summed E-state index contributed by atoms with van der Waals surface area (Å²) in [6.45, 7) is 0.360. The fourth-order valence-corrected chi connectivity index (χ4v) is 2.78. The van der Waals surface area contributed by atoms with E-state index in [9.17, 15) is 9.65 Å². The molecular weight excluding hydrogens is 384 g/mol. The highest BCUT2D eigenvalue weighted by Gasteiger charge is 2.04. The molecule has 3 aromatic carbocycles. The van der Waals surface area contributed by atoms with Crippen LogP contribution in [0.15, 0.2) is 66.7 Å². The van der Waals surface area contributed by atoms with Gasteiger partial charge < -0.3 is 4.74 Å². The summed E-state index contributed by atoms with van der Waals surface area (Å²) in [6, 6.07) is 20.7. The van der Waals surface area contributed by atoms with Gasteiger partial charge in [-0.05, 0) is 59.2 Å². The van der Waals surface area contributed by atoms with Crippen LogP contribution >= 0.6 is 23.2 Å². The van der Waals surface area contributed by atoms with Gasteiger partial charge in [-0.3, -0.25) is 0 Å². The van der Waals surface area contributed by atoms with E-state index in [-0.39, 0.29) is 5.82 Å². The molecule has 5 heteroatoms. The van der Waals surface area contributed by atoms with Crippen LogP contribution in [0.3, 0.4) is 0 Å². The van der Waals surface area contributed by atoms with Gasteiger partial charge in [0, 0.05) is 0 Å². The van der Waals surface area contributed by atoms with Crippen LogP contribution in [-0.2, 0) is 6.61 Å². The standard InChI is InChI=1S/C22H14Cl2FNO/c23-21-9-6-16(11-22(21)24)14-27-20-7-4-15(5-8-20)10-18(13-26)17-2-1-3-19(25)12-17/h1-12H,14H2/b18-10-. The van der Waals surface area contributed by atoms with Gasteiger partial charge in [-0.25, -0.2) is 4.39 Å². The van der Waals surface area contributed by atoms with Crippen LogP contribution in [0.25, 0.3) is 11.6 Å². The van der Waals surface area contributed by atoms with E-state index in [0.29, 0.717) is 33.5 Å². The van der Waals surface area contributed by atoms with E-state index in [2.05, 4.69) is 6.07 Å². The van der Waals surface area contributed by atoms with Crippen LogP contribution in [0.1, 0.15) is 16.7 Å². The largest absolute Gasteiger partial charge is 0.489 e. The van der Waals surface area contributed by atoms with Gasteiger partial charge in [0.1, 0.15) is 18.2 Å². The van der Waals surface area contributed by atoms with Crippen LogP contribution < -0.4 is 4.74 Å². The summed E-state index contributed by atoms with van der Waals surface area (Å²) < 4.78 is 19.1. The lowest BCUT2D eigenvalue weighted by molar-refractivity contribution is 0.306. The van der Waals surface area contributed by atoms with Crippen molar-refractivity contribution in [3.8, 4) is 11.8 Å². The molecule has 0 aliphatic rings. The summed E-state index contributed by atoms with van der Waals surface area (Å²) in [5, 5.41) is 10.3. The zero-order chi connectivity index (χ0) is 19.2. The molecule has 0 amide bonds. The van der Waals surface area contributed by atoms with Gasteiger partial charge in [-0.15, -0.1) is 0 Å². The Bertz CT molecular complexity index is 1020. The molecule has 0 N–H and O–H groups in total. The molecule has 0 bridgehead atoms. The molecule has 2 nitrogen and oxygen atoms in total. The third kappa shape index (κ3) is 5.10. The molecule has 0 saturated heterocycles. The number of nitrogens with zero attached hydrogens (tertiary/aromatic N) is 1. The number of hydrogen-bond acceptors (Lipinski definition) is 2. The molecule has 0 aliphatic heterocycles. The smallest absolute Gasteiger partial charge is 0.123 e. The highest BCUT2D eigenvalue weighted by molar-refractivity contribution is 6.42. The SMILES string of the molecule is N#C/C(=C/c1ccc(OCc2ccc(Cl)c(Cl)c2)cc1)c1cccc(F)c1. The third-order valence-corrected chi connectivity index (χ3v) is 4.58. The average Bonchev–Trinajstić information content (AvgIpc) is 2.68. The van der Waals surface area contributed by atoms with Crippen LogP contribution in [0, 0.1) is 17.1 Å². The monoisotopic (exact) mass is 397 g/mol. The maximum absolute atomic E-state index is 13.4. The number of hydrogen-bond donors (Lipinski definition) is 0. The highest BCUT2D eigenvalue weighted by atomic mass is 35.5. The second-order valence-corrected chi connectivity index (χ2v) is 6.60. The first-order valence-corrected chi connectivity index (χ1v) is 8.85. The van der Waals surface area contributed by atoms with Crippen LogP contribution in [-0.4, -0.2) is 0 Å². The molecule has 0 unspecified atom stereocenters. The first-order valence-electron chi connectivity index (χ1n) is 8.10. The first-order chi connectivity index (χ1) is 13.0. The zero-order valence-electron chi connectivity index (χ0n) is 14.1. The molecular formula is C22H14Cl2FNO. The van der Waals surface area contributed by atoms with E-state index in [0.717, 1.165) is 11.1 Å². The fraction of sp³-hybridized carbons (Fsp3) is 0.0455. The van der Waals surface area contributed by atoms with Crippen molar-refractivity contribution in [1.82, 2.24) is 0 Å². The molecule has 3 rings (SSSR count). The van der Waals surface area contributed by atoms with Gasteiger partial charge in [0.15, 0.2) is 0 Å². The van der Waals surface area contributed by atoms with Crippen LogP contribution in [0.5, 0.6) is 5.75 Å². The quantitative estimate of drug-likeness (QED) is 0.351. The minimum absolute atomic E-state index is 0.360. The summed E-state index contributed by atoms with van der Waals surface area (Å²) in [5.41, 5.74) is 2.65. The molecule has 0 fully saturated rings. The van der Waals surface area contributed by atoms with Crippen molar-refractivity contribution in [3.63, 3.8) is 0 Å². The molecule has 3 aromatic rings. The molecule has 0 aliphatic carbocycles. The number of rotatable bonds is 5. The Morgan fingerprint density at radius 2 is 1.78 bits per heavy atom. The lowest BCUT2D eigenvalue weighted by Gasteiger charge is -2.08. The lowest BCUT2D eigenvalue weighted by Crippen LogP contribution is -1.95. The second kappa shape index (κ2) is 8.73. The van der Waals surface area contributed by atoms with E-state index in [1.54, 1.807) is 30.3 Å². The first kappa shape index (κ1) is 19.0. The summed E-state index contributed by atoms with van der Waals surface area (Å²) >= 11 is 11.9. The maximum Gasteiger partial charge on any atom is 0.123 e. The van der Waals surface area contributed by atoms with Gasteiger partial charge in [0.2, 0.25) is 0 Å². The molecule has 0 aromatic heterocycles. The highest BCUT2D eigenvalue weighted by Crippen LogP contribution is 2.24. The van der Waals surface area contributed by atoms with E-state index in [1.165, 1.54) is 12.1 Å². The van der Waals surface area contributed by atoms with Gasteiger partial charge in [0.25, 0.3) is 0 Å². The van der Waals surface area contributed by atoms with Crippen LogP contribution in [0.4, 0.5) is 4.39 Å². The van der Waals surface area contributed by atoms with Crippen molar-refractivity contribution in [2.24, 2.45) is 0 Å². The van der Waals surface area contributed by atoms with E-state index in [4.69, 9.17) is 27.9 Å². The fourth-order valence-electron chi connectivity index (χ4n) is 2.46. The van der Waals surface area contributed by atoms with Gasteiger partial charge >= 0.3 is 0 Å². The molecule has 27 heavy (non-hydrogen) atoms. The van der Waals surface area contributed by atoms with Gasteiger partial charge in [-0.2, -0.15) is 5.26 Å². The third-order valence-electron chi connectivity index (χ3n) is 3.84. The van der Waals surface area contributed by atoms with E-state index in [1.807, 2.05) is 30.3 Å². The predicted molar refractivity (Wildman–Crippen MR) is 107 cm³/mol. The molecule has 0 heterocycles. The van der Waals surface area contributed by atoms with Gasteiger partial charge in [-0.1, -0.05) is 53.5 Å². The Morgan fingerprint density at radius 3 is 2.44 bits per heavy atom. The molecule has 0 radical (unpaired) electrons. The number of benzene rings is 3. The van der Waals surface area contributed by atoms with Crippen LogP contribution in [0.2, 0.25) is 10.0 Å². The number of allylic oxidation sites excluding steroid dienone is 1. The summed E-state index contributed by atoms with van der Waals surface area (Å²) in [7, 11) is 0. The number of halogens is 3. The van der Waals surface area contributed by atoms with E-state index < -0.39 is 0 Å². The summed E-state index contributed by atoms with van der Waals surface area (Å²) in [6.07, 6.45) is 1.71. The second-order valence-electron chi connectivity index (χ2n) is 5.79. The summed E-state index contributed by atoms with van der Waals surface area (Å²) in [4.78, 5) is 0. The Kier molecular flexibility index (Phi) is 6.13. The van der Waals surface area contributed by atoms with Crippen molar-refractivity contribution in [3.05, 3.63) is 99.3 Å². The molecule has 0 atom stereocenters. The minimum atomic E-state index is -0.375. The van der Waals surface area contributed by atoms with Gasteiger partial charge in [0.05, 0.1) is 21.7 Å². The molecule has 0 spiro atoms. The normalized spacial score (nSPS) is 11.1. The zero-order valence-corrected chi connectivity index (χ0v) is 15.6. The summed E-state index contributed by atoms with van der Waals surface area (Å²) in [5.74, 6) is 0.308. The number of nitriles is 1. The van der Waals surface area contributed by atoms with Crippen molar-refractivity contribution < 1.29 is 9.13 Å². The Morgan fingerprint density at radius 1 is 1.00 bits per heavy atom. The Balaban J connectivity index is 1.71. The van der Waals surface area contributed by atoms with Crippen molar-refractivity contribution in [2.75, 3.05) is 0 Å². The average molecular weight is 398 g/mol. The minimum Gasteiger partial charge on any atom is -0.489 e. The molecule has 0 saturated carbocycles. The predicted octanol–water partition coefficient (Wildman–Crippen LogP) is 6.78. The number of ether oxygens (including phenoxy) is 1. The van der Waals surface area contributed by atoms with E-state index >= 15 is 0 Å². The lowest BCUT2D eigenvalue weighted by atomic mass is 10.0.